The summed E-state index contributed by atoms with van der Waals surface area (Å²) in [5.74, 6) is 2.40. The number of aryl methyl sites for hydroxylation is 4. The van der Waals surface area contributed by atoms with Gasteiger partial charge in [0.15, 0.2) is 0 Å². The maximum Gasteiger partial charge on any atom is 0.820 e. The summed E-state index contributed by atoms with van der Waals surface area (Å²) in [6, 6.07) is 25.8. The van der Waals surface area contributed by atoms with Crippen LogP contribution in [0.3, 0.4) is 0 Å². The lowest BCUT2D eigenvalue weighted by Crippen LogP contribution is -2.56. The van der Waals surface area contributed by atoms with Gasteiger partial charge in [-0.25, -0.2) is 0 Å². The Morgan fingerprint density at radius 1 is 0.461 bits per heavy atom. The zero-order chi connectivity index (χ0) is 55.2. The van der Waals surface area contributed by atoms with Gasteiger partial charge in [0.1, 0.15) is 23.0 Å². The van der Waals surface area contributed by atoms with Gasteiger partial charge in [-0.15, -0.1) is 0 Å². The molecule has 26 heteroatoms. The van der Waals surface area contributed by atoms with Gasteiger partial charge in [-0.2, -0.15) is 0 Å². The molecule has 0 aliphatic carbocycles. The second kappa shape index (κ2) is 30.9. The van der Waals surface area contributed by atoms with E-state index in [1.807, 2.05) is 83.1 Å². The minimum atomic E-state index is -3.55. The van der Waals surface area contributed by atoms with Crippen molar-refractivity contribution in [3.05, 3.63) is 107 Å². The summed E-state index contributed by atoms with van der Waals surface area (Å²) >= 11 is 0. The standard InChI is InChI=1S/C19H27NO4Si.C17H25N3O4Si.2C7H15NO4Si/c1-6-21-25(22-7-2,23-17-9-8-14(3)15(4)12-17)24-18-10-11-19(20)16(5)13-18;1-14-2-6-16(7-3-14)23-25(21-12-10-18,22-13-11-19)24-17-8-4-15(20)5-9-17;2*1-2-6-4-9-13(11-6)10-5-7(3-8)12-13/h8-13H,6-7,20H2,1-5H3;2-9H,10-13,18-20H2,1H3;2*6-7H,2-5,8H2,1H3. The van der Waals surface area contributed by atoms with Gasteiger partial charge in [-0.05, 0) is 138 Å². The average molecular weight is 1140 g/mol. The number of hydrogen-bond donors (Lipinski definition) is 6. The average Bonchev–Trinajstić information content (AvgIpc) is 4.24. The van der Waals surface area contributed by atoms with E-state index in [9.17, 15) is 0 Å². The first-order valence-electron chi connectivity index (χ1n) is 25.8. The van der Waals surface area contributed by atoms with Crippen molar-refractivity contribution in [2.24, 2.45) is 22.9 Å². The van der Waals surface area contributed by atoms with Crippen molar-refractivity contribution in [1.29, 1.82) is 0 Å². The molecule has 0 saturated carbocycles. The van der Waals surface area contributed by atoms with Crippen molar-refractivity contribution < 1.29 is 70.8 Å². The van der Waals surface area contributed by atoms with E-state index >= 15 is 0 Å². The number of nitrogen functional groups attached to an aromatic ring is 2. The summed E-state index contributed by atoms with van der Waals surface area (Å²) in [5.41, 5.74) is 39.4. The van der Waals surface area contributed by atoms with Gasteiger partial charge in [-0.1, -0.05) is 37.6 Å². The first kappa shape index (κ1) is 62.7. The lowest BCUT2D eigenvalue weighted by atomic mass is 10.1. The maximum atomic E-state index is 6.13. The molecule has 12 N–H and O–H groups in total. The highest BCUT2D eigenvalue weighted by molar-refractivity contribution is 6.56. The lowest BCUT2D eigenvalue weighted by Gasteiger charge is -2.28. The smallest absolute Gasteiger partial charge is 0.471 e. The Hall–Kier alpha value is -4.09. The van der Waals surface area contributed by atoms with Crippen LogP contribution in [0, 0.1) is 27.7 Å². The molecular formula is C50H82N6O16Si4. The van der Waals surface area contributed by atoms with Crippen LogP contribution in [-0.2, 0) is 53.1 Å². The Bertz CT molecular complexity index is 2120. The van der Waals surface area contributed by atoms with Crippen LogP contribution in [0.5, 0.6) is 23.0 Å². The normalized spacial score (nSPS) is 22.8. The van der Waals surface area contributed by atoms with Gasteiger partial charge < -0.3 is 105 Å². The fraction of sp³-hybridized carbons (Fsp3) is 0.520. The minimum Gasteiger partial charge on any atom is -0.471 e. The van der Waals surface area contributed by atoms with Gasteiger partial charge >= 0.3 is 36.2 Å². The van der Waals surface area contributed by atoms with Gasteiger partial charge in [0.25, 0.3) is 0 Å². The predicted molar refractivity (Wildman–Crippen MR) is 294 cm³/mol. The van der Waals surface area contributed by atoms with Crippen molar-refractivity contribution in [1.82, 2.24) is 0 Å². The lowest BCUT2D eigenvalue weighted by molar-refractivity contribution is 0.0453. The van der Waals surface area contributed by atoms with Crippen molar-refractivity contribution >= 4 is 47.6 Å². The van der Waals surface area contributed by atoms with Crippen LogP contribution in [0.15, 0.2) is 84.9 Å². The van der Waals surface area contributed by atoms with E-state index in [2.05, 4.69) is 20.8 Å². The van der Waals surface area contributed by atoms with Crippen LogP contribution in [0.25, 0.3) is 0 Å². The van der Waals surface area contributed by atoms with E-state index in [1.165, 1.54) is 5.56 Å². The minimum absolute atomic E-state index is 0.0535. The third-order valence-electron chi connectivity index (χ3n) is 11.5. The van der Waals surface area contributed by atoms with Crippen LogP contribution in [-0.4, -0.2) is 140 Å². The van der Waals surface area contributed by atoms with Crippen molar-refractivity contribution in [2.45, 2.75) is 92.6 Å². The van der Waals surface area contributed by atoms with Gasteiger partial charge in [0.2, 0.25) is 0 Å². The van der Waals surface area contributed by atoms with Crippen LogP contribution < -0.4 is 52.1 Å². The van der Waals surface area contributed by atoms with Crippen LogP contribution >= 0.6 is 0 Å². The third-order valence-corrected chi connectivity index (χ3v) is 20.4. The molecular weight excluding hydrogens is 1050 g/mol. The molecule has 6 atom stereocenters. The number of benzene rings is 4. The largest absolute Gasteiger partial charge is 0.820 e. The number of nitrogens with two attached hydrogens (primary N) is 6. The molecule has 4 aromatic carbocycles. The zero-order valence-corrected chi connectivity index (χ0v) is 49.3. The van der Waals surface area contributed by atoms with E-state index in [4.69, 9.17) is 105 Å². The SMILES string of the molecule is CCC1CO[Si]2(OCC(CN)O2)O1.CCC1CO[Si]2(OCC(CN)O2)O1.CCO[Si](OCC)(Oc1ccc(C)c(C)c1)Oc1ccc(N)c(C)c1.Cc1ccc(O[Si](OCCN)(OCCN)Oc2ccc(N)cc2)cc1. The molecule has 4 saturated heterocycles. The summed E-state index contributed by atoms with van der Waals surface area (Å²) in [5, 5.41) is 0. The summed E-state index contributed by atoms with van der Waals surface area (Å²) in [7, 11) is -12.4. The monoisotopic (exact) mass is 1130 g/mol. The van der Waals surface area contributed by atoms with E-state index < -0.39 is 36.2 Å². The molecule has 22 nitrogen and oxygen atoms in total. The van der Waals surface area contributed by atoms with Crippen molar-refractivity contribution in [3.8, 4) is 23.0 Å². The Balaban J connectivity index is 0.000000195. The third kappa shape index (κ3) is 19.1. The van der Waals surface area contributed by atoms with Crippen molar-refractivity contribution in [2.75, 3.05) is 90.5 Å². The number of hydrogen-bond acceptors (Lipinski definition) is 22. The molecule has 2 spiro atoms. The molecule has 4 heterocycles. The summed E-state index contributed by atoms with van der Waals surface area (Å²) in [6.45, 7) is 20.9. The first-order valence-corrected chi connectivity index (χ1v) is 32.3. The molecule has 4 aromatic rings. The second-order valence-electron chi connectivity index (χ2n) is 17.7. The van der Waals surface area contributed by atoms with Gasteiger partial charge in [-0.3, -0.25) is 0 Å². The van der Waals surface area contributed by atoms with Crippen LogP contribution in [0.1, 0.15) is 62.8 Å². The molecule has 0 amide bonds. The Kier molecular flexibility index (Phi) is 25.5. The Morgan fingerprint density at radius 3 is 1.22 bits per heavy atom. The summed E-state index contributed by atoms with van der Waals surface area (Å²) in [4.78, 5) is 0. The number of anilines is 2. The molecule has 6 unspecified atom stereocenters. The first-order chi connectivity index (χ1) is 36.5. The van der Waals surface area contributed by atoms with Crippen LogP contribution in [0.4, 0.5) is 11.4 Å². The molecule has 0 radical (unpaired) electrons. The fourth-order valence-corrected chi connectivity index (χ4v) is 15.7. The molecule has 8 rings (SSSR count). The van der Waals surface area contributed by atoms with Gasteiger partial charge in [0, 0.05) is 50.8 Å². The Morgan fingerprint density at radius 2 is 0.842 bits per heavy atom. The summed E-state index contributed by atoms with van der Waals surface area (Å²) < 4.78 is 91.7. The Labute approximate surface area is 452 Å². The molecule has 4 aliphatic rings. The maximum absolute atomic E-state index is 6.13. The van der Waals surface area contributed by atoms with E-state index in [0.29, 0.717) is 100 Å². The van der Waals surface area contributed by atoms with Gasteiger partial charge in [0.05, 0.1) is 64.1 Å². The highest BCUT2D eigenvalue weighted by Crippen LogP contribution is 2.31. The molecule has 4 aliphatic heterocycles. The number of rotatable bonds is 22. The van der Waals surface area contributed by atoms with E-state index in [1.54, 1.807) is 36.4 Å². The molecule has 0 aromatic heterocycles. The predicted octanol–water partition coefficient (Wildman–Crippen LogP) is 4.82. The fourth-order valence-electron chi connectivity index (χ4n) is 7.07. The van der Waals surface area contributed by atoms with E-state index in [-0.39, 0.29) is 37.6 Å². The highest BCUT2D eigenvalue weighted by atomic mass is 28.4. The molecule has 424 valence electrons. The van der Waals surface area contributed by atoms with Crippen LogP contribution in [0.2, 0.25) is 0 Å². The highest BCUT2D eigenvalue weighted by Gasteiger charge is 2.59. The second-order valence-corrected chi connectivity index (χ2v) is 25.8. The van der Waals surface area contributed by atoms with E-state index in [0.717, 1.165) is 29.5 Å². The quantitative estimate of drug-likeness (QED) is 0.0454. The molecule has 0 bridgehead atoms. The van der Waals surface area contributed by atoms with Crippen molar-refractivity contribution in [3.63, 3.8) is 0 Å². The molecule has 76 heavy (non-hydrogen) atoms. The summed E-state index contributed by atoms with van der Waals surface area (Å²) in [6.07, 6.45) is 2.00. The zero-order valence-electron chi connectivity index (χ0n) is 45.3. The molecule has 4 fully saturated rings. The topological polar surface area (TPSA) is 304 Å².